The van der Waals surface area contributed by atoms with Gasteiger partial charge in [-0.25, -0.2) is 0 Å². The van der Waals surface area contributed by atoms with Crippen molar-refractivity contribution in [3.05, 3.63) is 35.4 Å². The largest absolute Gasteiger partial charge is 0.389 e. The van der Waals surface area contributed by atoms with Gasteiger partial charge in [0.2, 0.25) is 0 Å². The van der Waals surface area contributed by atoms with Crippen molar-refractivity contribution in [2.45, 2.75) is 32.2 Å². The van der Waals surface area contributed by atoms with Gasteiger partial charge in [-0.05, 0) is 13.3 Å². The zero-order chi connectivity index (χ0) is 13.9. The summed E-state index contributed by atoms with van der Waals surface area (Å²) in [4.78, 5) is 0. The van der Waals surface area contributed by atoms with Gasteiger partial charge in [0.1, 0.15) is 0 Å². The van der Waals surface area contributed by atoms with Crippen molar-refractivity contribution in [1.29, 1.82) is 0 Å². The molecule has 2 rings (SSSR count). The molecule has 0 saturated carbocycles. The average molecular weight is 274 g/mol. The highest BCUT2D eigenvalue weighted by molar-refractivity contribution is 5.22. The molecule has 1 aliphatic rings. The molecule has 1 aromatic carbocycles. The zero-order valence-electron chi connectivity index (χ0n) is 10.7. The summed E-state index contributed by atoms with van der Waals surface area (Å²) in [7, 11) is 0. The van der Waals surface area contributed by atoms with E-state index in [-0.39, 0.29) is 12.3 Å². The highest BCUT2D eigenvalue weighted by Crippen LogP contribution is 2.30. The van der Waals surface area contributed by atoms with Crippen LogP contribution in [-0.4, -0.2) is 19.4 Å². The minimum atomic E-state index is -4.10. The Kier molecular flexibility index (Phi) is 4.47. The van der Waals surface area contributed by atoms with Gasteiger partial charge in [-0.1, -0.05) is 29.8 Å². The number of rotatable bonds is 3. The summed E-state index contributed by atoms with van der Waals surface area (Å²) >= 11 is 0. The molecule has 2 nitrogen and oxygen atoms in total. The van der Waals surface area contributed by atoms with Crippen molar-refractivity contribution in [1.82, 2.24) is 0 Å². The monoisotopic (exact) mass is 274 g/mol. The average Bonchev–Trinajstić information content (AvgIpc) is 2.37. The first-order valence-electron chi connectivity index (χ1n) is 6.30. The third kappa shape index (κ3) is 4.51. The molecule has 1 aliphatic heterocycles. The topological polar surface area (TPSA) is 18.5 Å². The molecule has 0 aliphatic carbocycles. The molecule has 1 heterocycles. The fourth-order valence-corrected chi connectivity index (χ4v) is 1.99. The summed E-state index contributed by atoms with van der Waals surface area (Å²) < 4.78 is 47.3. The van der Waals surface area contributed by atoms with Gasteiger partial charge in [0.15, 0.2) is 6.29 Å². The van der Waals surface area contributed by atoms with Gasteiger partial charge in [0, 0.05) is 17.9 Å². The van der Waals surface area contributed by atoms with Crippen LogP contribution in [0.3, 0.4) is 0 Å². The fraction of sp³-hybridized carbons (Fsp3) is 0.571. The normalized spacial score (nSPS) is 24.4. The molecule has 0 amide bonds. The molecular formula is C14H17F3O2. The summed E-state index contributed by atoms with van der Waals surface area (Å²) in [6.45, 7) is 2.61. The Morgan fingerprint density at radius 2 is 1.68 bits per heavy atom. The second-order valence-corrected chi connectivity index (χ2v) is 4.93. The summed E-state index contributed by atoms with van der Waals surface area (Å²) in [6, 6.07) is 7.74. The summed E-state index contributed by atoms with van der Waals surface area (Å²) in [5, 5.41) is 0. The van der Waals surface area contributed by atoms with Gasteiger partial charge in [0.05, 0.1) is 13.2 Å². The molecule has 19 heavy (non-hydrogen) atoms. The molecule has 0 radical (unpaired) electrons. The van der Waals surface area contributed by atoms with Gasteiger partial charge >= 0.3 is 6.18 Å². The van der Waals surface area contributed by atoms with E-state index in [2.05, 4.69) is 0 Å². The van der Waals surface area contributed by atoms with Crippen LogP contribution in [0, 0.1) is 12.8 Å². The second kappa shape index (κ2) is 5.92. The minimum absolute atomic E-state index is 0.0596. The van der Waals surface area contributed by atoms with Crippen molar-refractivity contribution >= 4 is 0 Å². The van der Waals surface area contributed by atoms with Crippen molar-refractivity contribution in [3.63, 3.8) is 0 Å². The van der Waals surface area contributed by atoms with E-state index in [1.165, 1.54) is 0 Å². The number of hydrogen-bond acceptors (Lipinski definition) is 2. The lowest BCUT2D eigenvalue weighted by atomic mass is 10.0. The van der Waals surface area contributed by atoms with E-state index in [9.17, 15) is 13.2 Å². The van der Waals surface area contributed by atoms with Crippen LogP contribution in [0.4, 0.5) is 13.2 Å². The molecular weight excluding hydrogens is 257 g/mol. The standard InChI is InChI=1S/C14H17F3O2/c1-10-2-4-12(5-3-10)13-18-8-11(9-19-13)6-7-14(15,16)17/h2-5,11,13H,6-9H2,1H3. The van der Waals surface area contributed by atoms with E-state index in [0.29, 0.717) is 13.2 Å². The lowest BCUT2D eigenvalue weighted by Crippen LogP contribution is -2.28. The fourth-order valence-electron chi connectivity index (χ4n) is 1.99. The van der Waals surface area contributed by atoms with E-state index < -0.39 is 18.9 Å². The Hall–Kier alpha value is -1.07. The van der Waals surface area contributed by atoms with Gasteiger partial charge in [0.25, 0.3) is 0 Å². The predicted molar refractivity (Wildman–Crippen MR) is 64.6 cm³/mol. The Balaban J connectivity index is 1.81. The van der Waals surface area contributed by atoms with Crippen molar-refractivity contribution in [2.75, 3.05) is 13.2 Å². The lowest BCUT2D eigenvalue weighted by molar-refractivity contribution is -0.211. The Bertz CT molecular complexity index is 392. The van der Waals surface area contributed by atoms with Crippen LogP contribution in [0.1, 0.15) is 30.3 Å². The maximum absolute atomic E-state index is 12.1. The molecule has 1 saturated heterocycles. The smallest absolute Gasteiger partial charge is 0.348 e. The minimum Gasteiger partial charge on any atom is -0.348 e. The maximum Gasteiger partial charge on any atom is 0.389 e. The van der Waals surface area contributed by atoms with E-state index in [1.807, 2.05) is 31.2 Å². The van der Waals surface area contributed by atoms with Crippen molar-refractivity contribution in [3.8, 4) is 0 Å². The molecule has 1 aromatic rings. The molecule has 0 spiro atoms. The maximum atomic E-state index is 12.1. The Labute approximate surface area is 110 Å². The van der Waals surface area contributed by atoms with Crippen LogP contribution in [0.25, 0.3) is 0 Å². The van der Waals surface area contributed by atoms with E-state index >= 15 is 0 Å². The summed E-state index contributed by atoms with van der Waals surface area (Å²) in [5.41, 5.74) is 2.04. The highest BCUT2D eigenvalue weighted by atomic mass is 19.4. The lowest BCUT2D eigenvalue weighted by Gasteiger charge is -2.29. The molecule has 1 fully saturated rings. The van der Waals surface area contributed by atoms with E-state index in [0.717, 1.165) is 11.1 Å². The van der Waals surface area contributed by atoms with Crippen LogP contribution in [-0.2, 0) is 9.47 Å². The number of ether oxygens (including phenoxy) is 2. The molecule has 0 bridgehead atoms. The molecule has 106 valence electrons. The number of aryl methyl sites for hydroxylation is 1. The quantitative estimate of drug-likeness (QED) is 0.829. The summed E-state index contributed by atoms with van der Waals surface area (Å²) in [6.07, 6.45) is -5.28. The number of alkyl halides is 3. The van der Waals surface area contributed by atoms with Crippen LogP contribution in [0.2, 0.25) is 0 Å². The van der Waals surface area contributed by atoms with Crippen LogP contribution >= 0.6 is 0 Å². The molecule has 5 heteroatoms. The van der Waals surface area contributed by atoms with Crippen LogP contribution in [0.5, 0.6) is 0 Å². The van der Waals surface area contributed by atoms with Gasteiger partial charge in [-0.15, -0.1) is 0 Å². The van der Waals surface area contributed by atoms with Gasteiger partial charge in [-0.2, -0.15) is 13.2 Å². The van der Waals surface area contributed by atoms with E-state index in [1.54, 1.807) is 0 Å². The van der Waals surface area contributed by atoms with Crippen LogP contribution < -0.4 is 0 Å². The summed E-state index contributed by atoms with van der Waals surface area (Å²) in [5.74, 6) is -0.177. The third-order valence-corrected chi connectivity index (χ3v) is 3.15. The van der Waals surface area contributed by atoms with Crippen molar-refractivity contribution < 1.29 is 22.6 Å². The number of hydrogen-bond donors (Lipinski definition) is 0. The Morgan fingerprint density at radius 1 is 1.11 bits per heavy atom. The van der Waals surface area contributed by atoms with E-state index in [4.69, 9.17) is 9.47 Å². The first-order chi connectivity index (χ1) is 8.94. The zero-order valence-corrected chi connectivity index (χ0v) is 10.7. The Morgan fingerprint density at radius 3 is 2.21 bits per heavy atom. The molecule has 0 N–H and O–H groups in total. The van der Waals surface area contributed by atoms with Gasteiger partial charge in [-0.3, -0.25) is 0 Å². The SMILES string of the molecule is Cc1ccc(C2OCC(CCC(F)(F)F)CO2)cc1. The second-order valence-electron chi connectivity index (χ2n) is 4.93. The van der Waals surface area contributed by atoms with Crippen LogP contribution in [0.15, 0.2) is 24.3 Å². The number of benzene rings is 1. The first kappa shape index (κ1) is 14.3. The first-order valence-corrected chi connectivity index (χ1v) is 6.30. The van der Waals surface area contributed by atoms with Crippen molar-refractivity contribution in [2.24, 2.45) is 5.92 Å². The third-order valence-electron chi connectivity index (χ3n) is 3.15. The van der Waals surface area contributed by atoms with Gasteiger partial charge < -0.3 is 9.47 Å². The predicted octanol–water partition coefficient (Wildman–Crippen LogP) is 4.00. The molecule has 0 aromatic heterocycles. The molecule has 0 unspecified atom stereocenters. The molecule has 0 atom stereocenters. The number of halogens is 3. The highest BCUT2D eigenvalue weighted by Gasteiger charge is 2.30.